The van der Waals surface area contributed by atoms with E-state index in [1.807, 2.05) is 0 Å². The molecule has 0 aromatic rings. The standard InChI is InChI=1S/C17H30O9/c18-7-11(8-19)25-17-16(23)15(22)14(21)12(26-17)9-24-13(20)6-10-4-2-1-3-5-10/h10-12,14-19,21-23H,1-9H2/t12-,14+,15+,16-,17-/m1/s1. The molecular formula is C17H30O9. The third-order valence-corrected chi connectivity index (χ3v) is 4.99. The van der Waals surface area contributed by atoms with E-state index in [2.05, 4.69) is 0 Å². The molecule has 2 rings (SSSR count). The molecule has 9 heteroatoms. The van der Waals surface area contributed by atoms with Gasteiger partial charge in [-0.05, 0) is 18.8 Å². The molecule has 2 aliphatic rings. The zero-order valence-electron chi connectivity index (χ0n) is 14.8. The van der Waals surface area contributed by atoms with Gasteiger partial charge >= 0.3 is 5.97 Å². The SMILES string of the molecule is O=C(CC1CCCCC1)OC[C@H]1O[C@@H](OC(CO)CO)[C@H](O)[C@@H](O)[C@H]1O. The lowest BCUT2D eigenvalue weighted by molar-refractivity contribution is -0.315. The average molecular weight is 378 g/mol. The van der Waals surface area contributed by atoms with E-state index < -0.39 is 56.0 Å². The normalized spacial score (nSPS) is 33.4. The smallest absolute Gasteiger partial charge is 0.306 e. The molecule has 0 bridgehead atoms. The summed E-state index contributed by atoms with van der Waals surface area (Å²) in [5.74, 6) is -0.0822. The fourth-order valence-corrected chi connectivity index (χ4v) is 3.36. The van der Waals surface area contributed by atoms with E-state index in [1.54, 1.807) is 0 Å². The van der Waals surface area contributed by atoms with Crippen molar-refractivity contribution in [3.8, 4) is 0 Å². The van der Waals surface area contributed by atoms with E-state index in [4.69, 9.17) is 24.4 Å². The Morgan fingerprint density at radius 1 is 1.00 bits per heavy atom. The molecule has 5 N–H and O–H groups in total. The molecular weight excluding hydrogens is 348 g/mol. The molecule has 9 nitrogen and oxygen atoms in total. The fourth-order valence-electron chi connectivity index (χ4n) is 3.36. The van der Waals surface area contributed by atoms with Crippen molar-refractivity contribution in [2.24, 2.45) is 5.92 Å². The van der Waals surface area contributed by atoms with Gasteiger partial charge in [-0.25, -0.2) is 0 Å². The van der Waals surface area contributed by atoms with Gasteiger partial charge in [0.25, 0.3) is 0 Å². The number of esters is 1. The van der Waals surface area contributed by atoms with Gasteiger partial charge in [-0.3, -0.25) is 4.79 Å². The zero-order chi connectivity index (χ0) is 19.1. The lowest BCUT2D eigenvalue weighted by atomic mass is 9.87. The number of carbonyl (C=O) groups excluding carboxylic acids is 1. The Kier molecular flexibility index (Phi) is 8.68. The average Bonchev–Trinajstić information content (AvgIpc) is 2.65. The highest BCUT2D eigenvalue weighted by molar-refractivity contribution is 5.69. The van der Waals surface area contributed by atoms with Gasteiger partial charge in [-0.15, -0.1) is 0 Å². The first-order valence-corrected chi connectivity index (χ1v) is 9.18. The van der Waals surface area contributed by atoms with Gasteiger partial charge in [0.05, 0.1) is 13.2 Å². The van der Waals surface area contributed by atoms with E-state index in [-0.39, 0.29) is 6.61 Å². The van der Waals surface area contributed by atoms with Crippen LogP contribution in [0.5, 0.6) is 0 Å². The van der Waals surface area contributed by atoms with Crippen molar-refractivity contribution in [1.29, 1.82) is 0 Å². The van der Waals surface area contributed by atoms with E-state index in [9.17, 15) is 20.1 Å². The highest BCUT2D eigenvalue weighted by Gasteiger charge is 2.45. The minimum Gasteiger partial charge on any atom is -0.463 e. The number of hydrogen-bond acceptors (Lipinski definition) is 9. The van der Waals surface area contributed by atoms with Crippen LogP contribution in [0, 0.1) is 5.92 Å². The van der Waals surface area contributed by atoms with Crippen molar-refractivity contribution in [2.45, 2.75) is 75.3 Å². The maximum Gasteiger partial charge on any atom is 0.306 e. The second-order valence-corrected chi connectivity index (χ2v) is 7.03. The summed E-state index contributed by atoms with van der Waals surface area (Å²) in [6.45, 7) is -1.31. The Hall–Kier alpha value is -0.810. The molecule has 1 saturated carbocycles. The first-order chi connectivity index (χ1) is 12.5. The van der Waals surface area contributed by atoms with Crippen molar-refractivity contribution >= 4 is 5.97 Å². The van der Waals surface area contributed by atoms with Crippen LogP contribution in [0.3, 0.4) is 0 Å². The fraction of sp³-hybridized carbons (Fsp3) is 0.941. The van der Waals surface area contributed by atoms with Gasteiger partial charge < -0.3 is 39.7 Å². The second-order valence-electron chi connectivity index (χ2n) is 7.03. The van der Waals surface area contributed by atoms with Crippen LogP contribution >= 0.6 is 0 Å². The first-order valence-electron chi connectivity index (χ1n) is 9.18. The molecule has 0 amide bonds. The summed E-state index contributed by atoms with van der Waals surface area (Å²) < 4.78 is 15.7. The van der Waals surface area contributed by atoms with E-state index in [0.717, 1.165) is 25.7 Å². The molecule has 1 aliphatic heterocycles. The Balaban J connectivity index is 1.84. The zero-order valence-corrected chi connectivity index (χ0v) is 14.8. The lowest BCUT2D eigenvalue weighted by Crippen LogP contribution is -2.60. The van der Waals surface area contributed by atoms with Gasteiger partial charge in [0.1, 0.15) is 37.1 Å². The summed E-state index contributed by atoms with van der Waals surface area (Å²) in [6.07, 6.45) is -2.35. The molecule has 1 saturated heterocycles. The Bertz CT molecular complexity index is 422. The lowest BCUT2D eigenvalue weighted by Gasteiger charge is -2.40. The highest BCUT2D eigenvalue weighted by atomic mass is 16.7. The molecule has 0 unspecified atom stereocenters. The molecule has 26 heavy (non-hydrogen) atoms. The predicted molar refractivity (Wildman–Crippen MR) is 87.9 cm³/mol. The topological polar surface area (TPSA) is 146 Å². The Morgan fingerprint density at radius 3 is 2.27 bits per heavy atom. The molecule has 0 spiro atoms. The van der Waals surface area contributed by atoms with E-state index >= 15 is 0 Å². The van der Waals surface area contributed by atoms with Gasteiger partial charge in [-0.1, -0.05) is 19.3 Å². The molecule has 152 valence electrons. The van der Waals surface area contributed by atoms with Crippen molar-refractivity contribution < 1.29 is 44.5 Å². The third kappa shape index (κ3) is 5.85. The van der Waals surface area contributed by atoms with Crippen LogP contribution in [0.1, 0.15) is 38.5 Å². The molecule has 2 fully saturated rings. The third-order valence-electron chi connectivity index (χ3n) is 4.99. The maximum absolute atomic E-state index is 12.0. The predicted octanol–water partition coefficient (Wildman–Crippen LogP) is -1.32. The maximum atomic E-state index is 12.0. The Morgan fingerprint density at radius 2 is 1.65 bits per heavy atom. The number of aliphatic hydroxyl groups is 5. The molecule has 1 aliphatic carbocycles. The Labute approximate surface area is 152 Å². The van der Waals surface area contributed by atoms with Gasteiger partial charge in [0.15, 0.2) is 6.29 Å². The number of aliphatic hydroxyl groups excluding tert-OH is 5. The van der Waals surface area contributed by atoms with Crippen LogP contribution < -0.4 is 0 Å². The molecule has 0 aromatic carbocycles. The summed E-state index contributed by atoms with van der Waals surface area (Å²) in [5, 5.41) is 48.0. The van der Waals surface area contributed by atoms with Crippen molar-refractivity contribution in [3.63, 3.8) is 0 Å². The summed E-state index contributed by atoms with van der Waals surface area (Å²) >= 11 is 0. The highest BCUT2D eigenvalue weighted by Crippen LogP contribution is 2.27. The first kappa shape index (κ1) is 21.5. The van der Waals surface area contributed by atoms with Crippen LogP contribution in [0.15, 0.2) is 0 Å². The molecule has 0 radical (unpaired) electrons. The molecule has 0 aromatic heterocycles. The number of carbonyl (C=O) groups is 1. The monoisotopic (exact) mass is 378 g/mol. The van der Waals surface area contributed by atoms with Crippen molar-refractivity contribution in [2.75, 3.05) is 19.8 Å². The van der Waals surface area contributed by atoms with Crippen molar-refractivity contribution in [3.05, 3.63) is 0 Å². The summed E-state index contributed by atoms with van der Waals surface area (Å²) in [7, 11) is 0. The quantitative estimate of drug-likeness (QED) is 0.324. The van der Waals surface area contributed by atoms with Crippen LogP contribution in [0.25, 0.3) is 0 Å². The van der Waals surface area contributed by atoms with Gasteiger partial charge in [0, 0.05) is 6.42 Å². The van der Waals surface area contributed by atoms with Gasteiger partial charge in [-0.2, -0.15) is 0 Å². The summed E-state index contributed by atoms with van der Waals surface area (Å²) in [6, 6.07) is 0. The summed E-state index contributed by atoms with van der Waals surface area (Å²) in [5.41, 5.74) is 0. The number of rotatable bonds is 8. The largest absolute Gasteiger partial charge is 0.463 e. The second kappa shape index (κ2) is 10.5. The minimum atomic E-state index is -1.58. The molecule has 1 heterocycles. The van der Waals surface area contributed by atoms with Crippen LogP contribution in [0.4, 0.5) is 0 Å². The van der Waals surface area contributed by atoms with Crippen molar-refractivity contribution in [1.82, 2.24) is 0 Å². The molecule has 5 atom stereocenters. The number of hydrogen-bond donors (Lipinski definition) is 5. The van der Waals surface area contributed by atoms with E-state index in [1.165, 1.54) is 6.42 Å². The number of ether oxygens (including phenoxy) is 3. The summed E-state index contributed by atoms with van der Waals surface area (Å²) in [4.78, 5) is 12.0. The minimum absolute atomic E-state index is 0.292. The van der Waals surface area contributed by atoms with Crippen LogP contribution in [-0.4, -0.2) is 88.1 Å². The van der Waals surface area contributed by atoms with Gasteiger partial charge in [0.2, 0.25) is 0 Å². The van der Waals surface area contributed by atoms with E-state index in [0.29, 0.717) is 12.3 Å². The van der Waals surface area contributed by atoms with Crippen LogP contribution in [-0.2, 0) is 19.0 Å². The van der Waals surface area contributed by atoms with Crippen LogP contribution in [0.2, 0.25) is 0 Å².